The van der Waals surface area contributed by atoms with Crippen molar-refractivity contribution in [3.8, 4) is 6.07 Å². The van der Waals surface area contributed by atoms with Crippen molar-refractivity contribution in [2.45, 2.75) is 6.42 Å². The number of benzene rings is 2. The summed E-state index contributed by atoms with van der Waals surface area (Å²) in [6.07, 6.45) is 4.92. The van der Waals surface area contributed by atoms with Crippen LogP contribution in [0.5, 0.6) is 0 Å². The molecule has 1 aliphatic heterocycles. The number of hydrogen-bond donors (Lipinski definition) is 0. The molecule has 0 spiro atoms. The maximum atomic E-state index is 13.3. The zero-order valence-corrected chi connectivity index (χ0v) is 16.6. The number of rotatable bonds is 4. The van der Waals surface area contributed by atoms with E-state index in [1.165, 1.54) is 11.0 Å². The number of nitriles is 1. The first kappa shape index (κ1) is 19.6. The molecule has 4 rings (SSSR count). The Balaban J connectivity index is 1.71. The molecular weight excluding hydrogens is 398 g/mol. The normalized spacial score (nSPS) is 15.7. The predicted molar refractivity (Wildman–Crippen MR) is 115 cm³/mol. The van der Waals surface area contributed by atoms with Crippen LogP contribution in [-0.4, -0.2) is 16.7 Å². The van der Waals surface area contributed by atoms with Gasteiger partial charge in [0, 0.05) is 16.9 Å². The minimum absolute atomic E-state index is 0.271. The van der Waals surface area contributed by atoms with Crippen LogP contribution in [0.25, 0.3) is 6.08 Å². The molecule has 0 aliphatic carbocycles. The molecule has 30 heavy (non-hydrogen) atoms. The van der Waals surface area contributed by atoms with Gasteiger partial charge >= 0.3 is 0 Å². The lowest BCUT2D eigenvalue weighted by atomic mass is 9.88. The zero-order valence-electron chi connectivity index (χ0n) is 15.8. The number of carbonyl (C=O) groups excluding carboxylic acids is 2. The van der Waals surface area contributed by atoms with Gasteiger partial charge in [0.1, 0.15) is 5.92 Å². The van der Waals surface area contributed by atoms with Crippen molar-refractivity contribution in [1.29, 1.82) is 5.26 Å². The first-order valence-corrected chi connectivity index (χ1v) is 9.70. The summed E-state index contributed by atoms with van der Waals surface area (Å²) < 4.78 is 0. The van der Waals surface area contributed by atoms with Gasteiger partial charge in [-0.05, 0) is 78.7 Å². The first-order chi connectivity index (χ1) is 14.6. The number of carbonyl (C=O) groups is 2. The molecule has 146 valence electrons. The fourth-order valence-corrected chi connectivity index (χ4v) is 3.64. The average molecular weight is 414 g/mol. The molecule has 2 aromatic carbocycles. The second-order valence-electron chi connectivity index (χ2n) is 6.85. The summed E-state index contributed by atoms with van der Waals surface area (Å²) in [7, 11) is 0. The molecule has 1 aliphatic rings. The van der Waals surface area contributed by atoms with E-state index in [0.29, 0.717) is 27.7 Å². The van der Waals surface area contributed by atoms with Crippen molar-refractivity contribution < 1.29 is 9.59 Å². The van der Waals surface area contributed by atoms with E-state index in [0.717, 1.165) is 5.56 Å². The third-order valence-corrected chi connectivity index (χ3v) is 5.16. The van der Waals surface area contributed by atoms with Crippen LogP contribution >= 0.6 is 11.6 Å². The second-order valence-corrected chi connectivity index (χ2v) is 7.29. The Labute approximate surface area is 178 Å². The van der Waals surface area contributed by atoms with E-state index in [1.807, 2.05) is 6.07 Å². The van der Waals surface area contributed by atoms with Crippen molar-refractivity contribution >= 4 is 40.7 Å². The van der Waals surface area contributed by atoms with Crippen molar-refractivity contribution in [1.82, 2.24) is 4.98 Å². The number of amides is 1. The molecule has 1 unspecified atom stereocenters. The largest absolute Gasteiger partial charge is 0.294 e. The van der Waals surface area contributed by atoms with Gasteiger partial charge < -0.3 is 0 Å². The Hall–Kier alpha value is -3.75. The minimum Gasteiger partial charge on any atom is -0.294 e. The number of allylic oxidation sites excluding steroid dienone is 1. The summed E-state index contributed by atoms with van der Waals surface area (Å²) in [5.41, 5.74) is 3.23. The van der Waals surface area contributed by atoms with Gasteiger partial charge in [-0.15, -0.1) is 0 Å². The lowest BCUT2D eigenvalue weighted by Gasteiger charge is -2.33. The molecule has 5 nitrogen and oxygen atoms in total. The Morgan fingerprint density at radius 1 is 1.17 bits per heavy atom. The first-order valence-electron chi connectivity index (χ1n) is 9.32. The van der Waals surface area contributed by atoms with Crippen molar-refractivity contribution in [3.63, 3.8) is 0 Å². The fraction of sp³-hybridized carbons (Fsp3) is 0.0833. The number of hydrogen-bond acceptors (Lipinski definition) is 4. The third-order valence-electron chi connectivity index (χ3n) is 4.93. The van der Waals surface area contributed by atoms with Crippen LogP contribution in [0.3, 0.4) is 0 Å². The Bertz CT molecular complexity index is 1180. The van der Waals surface area contributed by atoms with Crippen LogP contribution in [0.4, 0.5) is 11.4 Å². The molecule has 0 saturated carbocycles. The van der Waals surface area contributed by atoms with E-state index in [4.69, 9.17) is 16.9 Å². The maximum absolute atomic E-state index is 13.3. The third kappa shape index (κ3) is 3.86. The SMILES string of the molecule is N#Cc1ccc(N2C(=O)C(C(=O)/C=C/c3ccccn3)Cc3cc(Cl)ccc32)cc1. The van der Waals surface area contributed by atoms with E-state index >= 15 is 0 Å². The lowest BCUT2D eigenvalue weighted by Crippen LogP contribution is -2.41. The summed E-state index contributed by atoms with van der Waals surface area (Å²) in [4.78, 5) is 31.9. The predicted octanol–water partition coefficient (Wildman–Crippen LogP) is 4.73. The molecule has 0 N–H and O–H groups in total. The molecule has 0 saturated heterocycles. The summed E-state index contributed by atoms with van der Waals surface area (Å²) in [6, 6.07) is 19.4. The van der Waals surface area contributed by atoms with Crippen LogP contribution in [0.2, 0.25) is 5.02 Å². The smallest absolute Gasteiger partial charge is 0.242 e. The Morgan fingerprint density at radius 3 is 2.67 bits per heavy atom. The van der Waals surface area contributed by atoms with Gasteiger partial charge in [-0.25, -0.2) is 0 Å². The highest BCUT2D eigenvalue weighted by Crippen LogP contribution is 2.38. The number of anilines is 2. The summed E-state index contributed by atoms with van der Waals surface area (Å²) >= 11 is 6.17. The van der Waals surface area contributed by atoms with Crippen molar-refractivity contribution in [2.24, 2.45) is 5.92 Å². The van der Waals surface area contributed by atoms with Gasteiger partial charge in [0.2, 0.25) is 5.91 Å². The highest BCUT2D eigenvalue weighted by Gasteiger charge is 2.37. The zero-order chi connectivity index (χ0) is 21.1. The van der Waals surface area contributed by atoms with E-state index in [2.05, 4.69) is 11.1 Å². The molecule has 1 aromatic heterocycles. The van der Waals surface area contributed by atoms with Crippen LogP contribution in [-0.2, 0) is 16.0 Å². The molecule has 0 radical (unpaired) electrons. The van der Waals surface area contributed by atoms with Crippen LogP contribution < -0.4 is 4.90 Å². The van der Waals surface area contributed by atoms with Gasteiger partial charge in [0.25, 0.3) is 0 Å². The fourth-order valence-electron chi connectivity index (χ4n) is 3.45. The minimum atomic E-state index is -0.869. The lowest BCUT2D eigenvalue weighted by molar-refractivity contribution is -0.129. The quantitative estimate of drug-likeness (QED) is 0.458. The van der Waals surface area contributed by atoms with E-state index in [1.54, 1.807) is 66.9 Å². The average Bonchev–Trinajstić information content (AvgIpc) is 2.78. The van der Waals surface area contributed by atoms with E-state index in [-0.39, 0.29) is 18.1 Å². The molecular formula is C24H16ClN3O2. The van der Waals surface area contributed by atoms with Crippen LogP contribution in [0.15, 0.2) is 72.9 Å². The molecule has 1 amide bonds. The highest BCUT2D eigenvalue weighted by atomic mass is 35.5. The van der Waals surface area contributed by atoms with Gasteiger partial charge in [-0.1, -0.05) is 17.7 Å². The number of nitrogens with zero attached hydrogens (tertiary/aromatic N) is 3. The molecule has 0 fully saturated rings. The highest BCUT2D eigenvalue weighted by molar-refractivity contribution is 6.31. The maximum Gasteiger partial charge on any atom is 0.242 e. The number of pyridine rings is 1. The molecule has 3 aromatic rings. The number of fused-ring (bicyclic) bond motifs is 1. The van der Waals surface area contributed by atoms with Crippen molar-refractivity contribution in [2.75, 3.05) is 4.90 Å². The molecule has 2 heterocycles. The summed E-state index contributed by atoms with van der Waals surface area (Å²) in [5.74, 6) is -1.48. The summed E-state index contributed by atoms with van der Waals surface area (Å²) in [5, 5.41) is 9.58. The van der Waals surface area contributed by atoms with Gasteiger partial charge in [0.05, 0.1) is 23.0 Å². The number of halogens is 1. The van der Waals surface area contributed by atoms with Gasteiger partial charge in [-0.3, -0.25) is 19.5 Å². The van der Waals surface area contributed by atoms with Crippen LogP contribution in [0, 0.1) is 17.2 Å². The van der Waals surface area contributed by atoms with E-state index < -0.39 is 5.92 Å². The summed E-state index contributed by atoms with van der Waals surface area (Å²) in [6.45, 7) is 0. The molecule has 1 atom stereocenters. The van der Waals surface area contributed by atoms with E-state index in [9.17, 15) is 9.59 Å². The van der Waals surface area contributed by atoms with Crippen LogP contribution in [0.1, 0.15) is 16.8 Å². The van der Waals surface area contributed by atoms with Gasteiger partial charge in [-0.2, -0.15) is 5.26 Å². The monoisotopic (exact) mass is 413 g/mol. The van der Waals surface area contributed by atoms with Crippen molar-refractivity contribution in [3.05, 3.63) is 94.8 Å². The topological polar surface area (TPSA) is 74.1 Å². The number of ketones is 1. The molecule has 6 heteroatoms. The Morgan fingerprint density at radius 2 is 1.97 bits per heavy atom. The van der Waals surface area contributed by atoms with Gasteiger partial charge in [0.15, 0.2) is 5.78 Å². The molecule has 0 bridgehead atoms. The Kier molecular flexibility index (Phi) is 5.42. The number of aromatic nitrogens is 1. The standard InChI is InChI=1S/C24H16ClN3O2/c25-18-6-10-22-17(13-18)14-21(23(29)11-7-19-3-1-2-12-27-19)24(30)28(22)20-8-4-16(15-26)5-9-20/h1-13,21H,14H2/b11-7+. The second kappa shape index (κ2) is 8.32.